The quantitative estimate of drug-likeness (QED) is 0.632. The lowest BCUT2D eigenvalue weighted by atomic mass is 10.3. The van der Waals surface area contributed by atoms with Crippen LogP contribution in [-0.2, 0) is 4.74 Å². The lowest BCUT2D eigenvalue weighted by Gasteiger charge is -1.80. The molecule has 0 amide bonds. The fourth-order valence-corrected chi connectivity index (χ4v) is 1.92. The van der Waals surface area contributed by atoms with Gasteiger partial charge in [-0.05, 0) is 12.1 Å². The Labute approximate surface area is 114 Å². The van der Waals surface area contributed by atoms with Crippen LogP contribution in [0.15, 0.2) is 58.0 Å². The Bertz CT molecular complexity index is 539. The fraction of sp³-hybridized carbons (Fsp3) is 0.154. The molecule has 19 heavy (non-hydrogen) atoms. The molecular formula is C13H13N3O2S. The Balaban J connectivity index is 0.000000114. The van der Waals surface area contributed by atoms with Gasteiger partial charge in [0, 0.05) is 0 Å². The fourth-order valence-electron chi connectivity index (χ4n) is 1.24. The third-order valence-electron chi connectivity index (χ3n) is 2.07. The van der Waals surface area contributed by atoms with Crippen molar-refractivity contribution >= 4 is 28.0 Å². The Morgan fingerprint density at radius 1 is 1.21 bits per heavy atom. The number of hydrogen-bond donors (Lipinski definition) is 0. The van der Waals surface area contributed by atoms with Crippen LogP contribution in [0.3, 0.4) is 0 Å². The van der Waals surface area contributed by atoms with E-state index in [1.165, 1.54) is 23.8 Å². The number of nitrogens with zero attached hydrogens (tertiary/aromatic N) is 3. The molecule has 98 valence electrons. The first kappa shape index (κ1) is 13.2. The van der Waals surface area contributed by atoms with Crippen molar-refractivity contribution in [3.8, 4) is 0 Å². The highest BCUT2D eigenvalue weighted by molar-refractivity contribution is 7.16. The van der Waals surface area contributed by atoms with Crippen LogP contribution < -0.4 is 0 Å². The number of aromatic nitrogens is 2. The molecular weight excluding hydrogens is 262 g/mol. The minimum atomic E-state index is 0.778. The normalized spacial score (nSPS) is 12.0. The monoisotopic (exact) mass is 275 g/mol. The van der Waals surface area contributed by atoms with E-state index < -0.39 is 0 Å². The summed E-state index contributed by atoms with van der Waals surface area (Å²) in [5, 5.41) is 0. The van der Waals surface area contributed by atoms with Gasteiger partial charge in [0.2, 0.25) is 0 Å². The van der Waals surface area contributed by atoms with Crippen LogP contribution in [0.5, 0.6) is 0 Å². The summed E-state index contributed by atoms with van der Waals surface area (Å²) in [5.41, 5.74) is 2.97. The van der Waals surface area contributed by atoms with E-state index in [4.69, 9.17) is 0 Å². The second-order valence-electron chi connectivity index (χ2n) is 3.38. The minimum absolute atomic E-state index is 0.778. The van der Waals surface area contributed by atoms with Gasteiger partial charge < -0.3 is 9.15 Å². The molecule has 0 fully saturated rings. The van der Waals surface area contributed by atoms with E-state index >= 15 is 0 Å². The maximum atomic E-state index is 4.65. The molecule has 5 nitrogen and oxygen atoms in total. The van der Waals surface area contributed by atoms with Crippen LogP contribution in [0, 0.1) is 0 Å². The highest BCUT2D eigenvalue weighted by Crippen LogP contribution is 2.15. The Hall–Kier alpha value is -2.21. The molecule has 0 radical (unpaired) electrons. The molecule has 4 rings (SSSR count). The van der Waals surface area contributed by atoms with Crippen LogP contribution in [0.2, 0.25) is 0 Å². The SMILES string of the molecule is C1=NCCO1.c1ccc2scnc2c1.c1cocn1. The van der Waals surface area contributed by atoms with Gasteiger partial charge in [0.15, 0.2) is 12.8 Å². The van der Waals surface area contributed by atoms with Gasteiger partial charge in [-0.1, -0.05) is 12.1 Å². The Kier molecular flexibility index (Phi) is 5.56. The van der Waals surface area contributed by atoms with Crippen LogP contribution in [0.4, 0.5) is 0 Å². The van der Waals surface area contributed by atoms with Crippen LogP contribution >= 0.6 is 11.3 Å². The van der Waals surface area contributed by atoms with Crippen molar-refractivity contribution in [1.29, 1.82) is 0 Å². The average Bonchev–Trinajstić information content (AvgIpc) is 3.22. The maximum Gasteiger partial charge on any atom is 0.180 e. The standard InChI is InChI=1S/C7H5NS.C3H5NO.C3H3NO/c1-2-4-7-6(3-1)8-5-9-7;2*1-2-5-3-4-1/h1-5H;3H,1-2H2;1-3H. The number of para-hydroxylation sites is 1. The zero-order valence-electron chi connectivity index (χ0n) is 10.2. The van der Waals surface area contributed by atoms with E-state index in [0.29, 0.717) is 0 Å². The second-order valence-corrected chi connectivity index (χ2v) is 4.26. The largest absolute Gasteiger partial charge is 0.482 e. The molecule has 0 saturated heterocycles. The summed E-state index contributed by atoms with van der Waals surface area (Å²) in [7, 11) is 0. The summed E-state index contributed by atoms with van der Waals surface area (Å²) in [5.74, 6) is 0. The smallest absolute Gasteiger partial charge is 0.180 e. The van der Waals surface area contributed by atoms with Gasteiger partial charge in [0.25, 0.3) is 0 Å². The van der Waals surface area contributed by atoms with Gasteiger partial charge in [0.05, 0.1) is 28.5 Å². The summed E-state index contributed by atoms with van der Waals surface area (Å²) >= 11 is 1.68. The molecule has 6 heteroatoms. The van der Waals surface area contributed by atoms with Crippen molar-refractivity contribution in [3.63, 3.8) is 0 Å². The number of aliphatic imine (C=N–C) groups is 1. The second kappa shape index (κ2) is 7.99. The third kappa shape index (κ3) is 4.89. The molecule has 2 aromatic heterocycles. The zero-order valence-corrected chi connectivity index (χ0v) is 11.0. The molecule has 0 atom stereocenters. The predicted octanol–water partition coefficient (Wildman–Crippen LogP) is 3.02. The van der Waals surface area contributed by atoms with Crippen molar-refractivity contribution in [3.05, 3.63) is 48.6 Å². The lowest BCUT2D eigenvalue weighted by molar-refractivity contribution is 0.361. The highest BCUT2D eigenvalue weighted by Gasteiger charge is 1.89. The first-order chi connectivity index (χ1) is 9.47. The van der Waals surface area contributed by atoms with Crippen LogP contribution in [0.25, 0.3) is 10.2 Å². The van der Waals surface area contributed by atoms with E-state index in [-0.39, 0.29) is 0 Å². The lowest BCUT2D eigenvalue weighted by Crippen LogP contribution is -1.80. The summed E-state index contributed by atoms with van der Waals surface area (Å²) in [4.78, 5) is 11.4. The first-order valence-corrected chi connectivity index (χ1v) is 6.55. The van der Waals surface area contributed by atoms with E-state index in [2.05, 4.69) is 30.2 Å². The van der Waals surface area contributed by atoms with Gasteiger partial charge in [-0.25, -0.2) is 9.97 Å². The van der Waals surface area contributed by atoms with Crippen LogP contribution in [0.1, 0.15) is 0 Å². The first-order valence-electron chi connectivity index (χ1n) is 5.67. The number of fused-ring (bicyclic) bond motifs is 1. The Morgan fingerprint density at radius 3 is 2.68 bits per heavy atom. The van der Waals surface area contributed by atoms with Crippen molar-refractivity contribution in [1.82, 2.24) is 9.97 Å². The molecule has 0 saturated carbocycles. The number of benzene rings is 1. The summed E-state index contributed by atoms with van der Waals surface area (Å²) < 4.78 is 10.4. The van der Waals surface area contributed by atoms with Gasteiger partial charge in [-0.2, -0.15) is 0 Å². The van der Waals surface area contributed by atoms with Crippen LogP contribution in [-0.4, -0.2) is 29.5 Å². The topological polar surface area (TPSA) is 60.5 Å². The van der Waals surface area contributed by atoms with E-state index in [1.54, 1.807) is 17.5 Å². The van der Waals surface area contributed by atoms with Gasteiger partial charge in [-0.15, -0.1) is 11.3 Å². The Morgan fingerprint density at radius 2 is 2.16 bits per heavy atom. The van der Waals surface area contributed by atoms with E-state index in [0.717, 1.165) is 18.7 Å². The summed E-state index contributed by atoms with van der Waals surface area (Å²) in [6, 6.07) is 8.13. The molecule has 3 aromatic rings. The molecule has 3 heterocycles. The highest BCUT2D eigenvalue weighted by atomic mass is 32.1. The average molecular weight is 275 g/mol. The molecule has 0 spiro atoms. The zero-order chi connectivity index (χ0) is 13.2. The molecule has 0 aliphatic carbocycles. The van der Waals surface area contributed by atoms with E-state index in [9.17, 15) is 0 Å². The number of rotatable bonds is 0. The summed E-state index contributed by atoms with van der Waals surface area (Å²) in [6.07, 6.45) is 5.96. The van der Waals surface area contributed by atoms with Crippen molar-refractivity contribution in [2.45, 2.75) is 0 Å². The number of thiazole rings is 1. The molecule has 0 N–H and O–H groups in total. The van der Waals surface area contributed by atoms with Crippen molar-refractivity contribution < 1.29 is 9.15 Å². The third-order valence-corrected chi connectivity index (χ3v) is 2.88. The molecule has 0 unspecified atom stereocenters. The molecule has 0 bridgehead atoms. The van der Waals surface area contributed by atoms with Gasteiger partial charge in [0.1, 0.15) is 12.9 Å². The number of oxazole rings is 1. The van der Waals surface area contributed by atoms with Crippen molar-refractivity contribution in [2.75, 3.05) is 13.2 Å². The summed E-state index contributed by atoms with van der Waals surface area (Å²) in [6.45, 7) is 1.62. The number of ether oxygens (including phenoxy) is 1. The van der Waals surface area contributed by atoms with E-state index in [1.807, 2.05) is 23.7 Å². The predicted molar refractivity (Wildman–Crippen MR) is 75.4 cm³/mol. The number of hydrogen-bond acceptors (Lipinski definition) is 6. The molecule has 1 aliphatic rings. The molecule has 1 aliphatic heterocycles. The van der Waals surface area contributed by atoms with Crippen molar-refractivity contribution in [2.24, 2.45) is 4.99 Å². The minimum Gasteiger partial charge on any atom is -0.482 e. The van der Waals surface area contributed by atoms with Gasteiger partial charge >= 0.3 is 0 Å². The molecule has 1 aromatic carbocycles. The van der Waals surface area contributed by atoms with Gasteiger partial charge in [-0.3, -0.25) is 4.99 Å². The maximum absolute atomic E-state index is 4.65.